The maximum absolute atomic E-state index is 12.0. The molecule has 0 radical (unpaired) electrons. The molecule has 5 heteroatoms. The minimum absolute atomic E-state index is 0.0140. The molecule has 3 aromatic rings. The average molecular weight is 367 g/mol. The van der Waals surface area contributed by atoms with Crippen LogP contribution in [0.3, 0.4) is 0 Å². The van der Waals surface area contributed by atoms with E-state index in [1.807, 2.05) is 66.9 Å². The van der Waals surface area contributed by atoms with E-state index in [2.05, 4.69) is 5.32 Å². The lowest BCUT2D eigenvalue weighted by Gasteiger charge is -2.13. The normalized spacial score (nSPS) is 11.6. The number of ether oxygens (including phenoxy) is 2. The van der Waals surface area contributed by atoms with Gasteiger partial charge in [-0.1, -0.05) is 36.4 Å². The number of amides is 1. The highest BCUT2D eigenvalue weighted by Crippen LogP contribution is 2.20. The van der Waals surface area contributed by atoms with Crippen LogP contribution in [0.15, 0.2) is 72.1 Å². The van der Waals surface area contributed by atoms with Gasteiger partial charge in [-0.25, -0.2) is 0 Å². The van der Waals surface area contributed by atoms with E-state index in [4.69, 9.17) is 9.47 Å². The molecule has 0 aliphatic rings. The van der Waals surface area contributed by atoms with Gasteiger partial charge < -0.3 is 14.8 Å². The number of carbonyl (C=O) groups excluding carboxylic acids is 1. The molecule has 0 unspecified atom stereocenters. The minimum Gasteiger partial charge on any atom is -0.489 e. The van der Waals surface area contributed by atoms with Gasteiger partial charge >= 0.3 is 0 Å². The van der Waals surface area contributed by atoms with E-state index in [0.717, 1.165) is 16.2 Å². The van der Waals surface area contributed by atoms with E-state index in [9.17, 15) is 4.79 Å². The Balaban J connectivity index is 1.43. The fraction of sp³-hybridized carbons (Fsp3) is 0.190. The highest BCUT2D eigenvalue weighted by Gasteiger charge is 2.10. The van der Waals surface area contributed by atoms with Gasteiger partial charge in [-0.05, 0) is 48.2 Å². The van der Waals surface area contributed by atoms with Crippen LogP contribution in [0.1, 0.15) is 23.4 Å². The summed E-state index contributed by atoms with van der Waals surface area (Å²) in [5, 5.41) is 4.92. The predicted molar refractivity (Wildman–Crippen MR) is 104 cm³/mol. The zero-order chi connectivity index (χ0) is 18.2. The van der Waals surface area contributed by atoms with Gasteiger partial charge in [0.2, 0.25) is 0 Å². The number of carbonyl (C=O) groups is 1. The zero-order valence-electron chi connectivity index (χ0n) is 14.6. The molecule has 1 amide bonds. The van der Waals surface area contributed by atoms with Crippen LogP contribution >= 0.6 is 11.3 Å². The summed E-state index contributed by atoms with van der Waals surface area (Å²) in [7, 11) is 0. The van der Waals surface area contributed by atoms with Crippen LogP contribution in [0.5, 0.6) is 11.5 Å². The Hall–Kier alpha value is -2.79. The van der Waals surface area contributed by atoms with Crippen LogP contribution in [0, 0.1) is 0 Å². The monoisotopic (exact) mass is 367 g/mol. The van der Waals surface area contributed by atoms with Crippen LogP contribution in [0.25, 0.3) is 0 Å². The number of benzene rings is 2. The summed E-state index contributed by atoms with van der Waals surface area (Å²) in [5.74, 6) is 1.25. The Bertz CT molecular complexity index is 801. The van der Waals surface area contributed by atoms with Crippen LogP contribution in [-0.2, 0) is 11.4 Å². The standard InChI is InChI=1S/C21H21NO3S/c1-16(20-8-5-13-26-20)22-21(23)15-25-19-11-9-18(10-12-19)24-14-17-6-3-2-4-7-17/h2-13,16H,14-15H2,1H3,(H,22,23)/t16-/m0/s1. The first-order valence-corrected chi connectivity index (χ1v) is 9.31. The maximum Gasteiger partial charge on any atom is 0.258 e. The first kappa shape index (κ1) is 18.0. The second-order valence-electron chi connectivity index (χ2n) is 5.84. The summed E-state index contributed by atoms with van der Waals surface area (Å²) in [6, 6.07) is 21.2. The van der Waals surface area contributed by atoms with Gasteiger partial charge in [-0.15, -0.1) is 11.3 Å². The molecule has 1 atom stereocenters. The van der Waals surface area contributed by atoms with E-state index >= 15 is 0 Å². The lowest BCUT2D eigenvalue weighted by atomic mass is 10.2. The molecule has 3 rings (SSSR count). The third kappa shape index (κ3) is 5.36. The highest BCUT2D eigenvalue weighted by molar-refractivity contribution is 7.10. The third-order valence-electron chi connectivity index (χ3n) is 3.79. The third-order valence-corrected chi connectivity index (χ3v) is 4.84. The minimum atomic E-state index is -0.143. The van der Waals surface area contributed by atoms with Crippen LogP contribution in [-0.4, -0.2) is 12.5 Å². The lowest BCUT2D eigenvalue weighted by Crippen LogP contribution is -2.30. The van der Waals surface area contributed by atoms with Crippen molar-refractivity contribution in [3.05, 3.63) is 82.6 Å². The number of hydrogen-bond acceptors (Lipinski definition) is 4. The number of hydrogen-bond donors (Lipinski definition) is 1. The Morgan fingerprint density at radius 3 is 2.31 bits per heavy atom. The van der Waals surface area contributed by atoms with Crippen molar-refractivity contribution in [2.75, 3.05) is 6.61 Å². The van der Waals surface area contributed by atoms with Gasteiger partial charge in [0.15, 0.2) is 6.61 Å². The fourth-order valence-corrected chi connectivity index (χ4v) is 3.15. The Labute approximate surface area is 157 Å². The molecular weight excluding hydrogens is 346 g/mol. The van der Waals surface area contributed by atoms with Crippen molar-refractivity contribution in [3.63, 3.8) is 0 Å². The summed E-state index contributed by atoms with van der Waals surface area (Å²) in [6.45, 7) is 2.46. The fourth-order valence-electron chi connectivity index (χ4n) is 2.41. The van der Waals surface area contributed by atoms with Crippen molar-refractivity contribution in [1.29, 1.82) is 0 Å². The van der Waals surface area contributed by atoms with Crippen molar-refractivity contribution in [1.82, 2.24) is 5.32 Å². The maximum atomic E-state index is 12.0. The molecule has 0 spiro atoms. The topological polar surface area (TPSA) is 47.6 Å². The molecular formula is C21H21NO3S. The number of thiophene rings is 1. The van der Waals surface area contributed by atoms with Gasteiger partial charge in [-0.2, -0.15) is 0 Å². The van der Waals surface area contributed by atoms with E-state index in [-0.39, 0.29) is 18.6 Å². The van der Waals surface area contributed by atoms with Gasteiger partial charge in [-0.3, -0.25) is 4.79 Å². The first-order chi connectivity index (χ1) is 12.7. The lowest BCUT2D eigenvalue weighted by molar-refractivity contribution is -0.123. The Morgan fingerprint density at radius 2 is 1.65 bits per heavy atom. The molecule has 0 fully saturated rings. The van der Waals surface area contributed by atoms with Gasteiger partial charge in [0.05, 0.1) is 6.04 Å². The van der Waals surface area contributed by atoms with Crippen molar-refractivity contribution in [3.8, 4) is 11.5 Å². The molecule has 2 aromatic carbocycles. The summed E-state index contributed by atoms with van der Waals surface area (Å²) in [5.41, 5.74) is 1.12. The molecule has 0 bridgehead atoms. The van der Waals surface area contributed by atoms with E-state index in [1.54, 1.807) is 23.5 Å². The SMILES string of the molecule is C[C@H](NC(=O)COc1ccc(OCc2ccccc2)cc1)c1cccs1. The molecule has 1 N–H and O–H groups in total. The summed E-state index contributed by atoms with van der Waals surface area (Å²) in [6.07, 6.45) is 0. The Morgan fingerprint density at radius 1 is 0.962 bits per heavy atom. The quantitative estimate of drug-likeness (QED) is 0.634. The van der Waals surface area contributed by atoms with Crippen molar-refractivity contribution < 1.29 is 14.3 Å². The molecule has 0 saturated carbocycles. The molecule has 4 nitrogen and oxygen atoms in total. The zero-order valence-corrected chi connectivity index (χ0v) is 15.4. The molecule has 134 valence electrons. The van der Waals surface area contributed by atoms with E-state index in [0.29, 0.717) is 12.4 Å². The van der Waals surface area contributed by atoms with Crippen LogP contribution in [0.2, 0.25) is 0 Å². The molecule has 26 heavy (non-hydrogen) atoms. The highest BCUT2D eigenvalue weighted by atomic mass is 32.1. The van der Waals surface area contributed by atoms with Gasteiger partial charge in [0.25, 0.3) is 5.91 Å². The summed E-state index contributed by atoms with van der Waals surface area (Å²) < 4.78 is 11.3. The van der Waals surface area contributed by atoms with Crippen LogP contribution in [0.4, 0.5) is 0 Å². The second kappa shape index (κ2) is 9.06. The molecule has 0 aliphatic carbocycles. The molecule has 1 aromatic heterocycles. The van der Waals surface area contributed by atoms with Crippen molar-refractivity contribution >= 4 is 17.2 Å². The number of nitrogens with one attached hydrogen (secondary N) is 1. The van der Waals surface area contributed by atoms with Crippen molar-refractivity contribution in [2.24, 2.45) is 0 Å². The van der Waals surface area contributed by atoms with E-state index in [1.165, 1.54) is 0 Å². The van der Waals surface area contributed by atoms with Gasteiger partial charge in [0, 0.05) is 4.88 Å². The number of rotatable bonds is 8. The summed E-state index contributed by atoms with van der Waals surface area (Å²) >= 11 is 1.62. The second-order valence-corrected chi connectivity index (χ2v) is 6.82. The molecule has 0 saturated heterocycles. The predicted octanol–water partition coefficient (Wildman–Crippen LogP) is 4.58. The largest absolute Gasteiger partial charge is 0.489 e. The average Bonchev–Trinajstić information content (AvgIpc) is 3.21. The first-order valence-electron chi connectivity index (χ1n) is 8.43. The molecule has 0 aliphatic heterocycles. The smallest absolute Gasteiger partial charge is 0.258 e. The van der Waals surface area contributed by atoms with Crippen LogP contribution < -0.4 is 14.8 Å². The summed E-state index contributed by atoms with van der Waals surface area (Å²) in [4.78, 5) is 13.1. The van der Waals surface area contributed by atoms with E-state index < -0.39 is 0 Å². The van der Waals surface area contributed by atoms with Gasteiger partial charge in [0.1, 0.15) is 18.1 Å². The Kier molecular flexibility index (Phi) is 6.28. The molecule has 1 heterocycles. The van der Waals surface area contributed by atoms with Crippen molar-refractivity contribution in [2.45, 2.75) is 19.6 Å².